The van der Waals surface area contributed by atoms with Gasteiger partial charge in [0.2, 0.25) is 0 Å². The summed E-state index contributed by atoms with van der Waals surface area (Å²) in [6.07, 6.45) is 0. The van der Waals surface area contributed by atoms with E-state index in [2.05, 4.69) is 5.32 Å². The summed E-state index contributed by atoms with van der Waals surface area (Å²) in [4.78, 5) is 0. The van der Waals surface area contributed by atoms with Gasteiger partial charge >= 0.3 is 0 Å². The van der Waals surface area contributed by atoms with Gasteiger partial charge in [0.05, 0.1) is 6.61 Å². The minimum Gasteiger partial charge on any atom is -0.380 e. The topological polar surface area (TPSA) is 21.3 Å². The lowest BCUT2D eigenvalue weighted by Gasteiger charge is -2.06. The normalized spacial score (nSPS) is 9.94. The van der Waals surface area contributed by atoms with Crippen molar-refractivity contribution in [1.29, 1.82) is 0 Å². The molecule has 0 heterocycles. The van der Waals surface area contributed by atoms with Crippen molar-refractivity contribution in [3.63, 3.8) is 0 Å². The maximum Gasteiger partial charge on any atom is 0.0590 e. The first-order chi connectivity index (χ1) is 7.24. The van der Waals surface area contributed by atoms with E-state index in [1.807, 2.05) is 19.1 Å². The number of nitrogens with one attached hydrogen (secondary N) is 1. The van der Waals surface area contributed by atoms with Gasteiger partial charge in [-0.25, -0.2) is 0 Å². The molecule has 92 valence electrons. The second kappa shape index (κ2) is 9.08. The van der Waals surface area contributed by atoms with Gasteiger partial charge in [-0.2, -0.15) is 0 Å². The Labute approximate surface area is 113 Å². The van der Waals surface area contributed by atoms with E-state index in [9.17, 15) is 0 Å². The van der Waals surface area contributed by atoms with Crippen LogP contribution >= 0.6 is 35.6 Å². The maximum absolute atomic E-state index is 6.01. The van der Waals surface area contributed by atoms with Crippen LogP contribution in [0.2, 0.25) is 10.0 Å². The quantitative estimate of drug-likeness (QED) is 0.807. The molecule has 5 heteroatoms. The third-order valence-electron chi connectivity index (χ3n) is 1.96. The summed E-state index contributed by atoms with van der Waals surface area (Å²) in [5.74, 6) is 0. The van der Waals surface area contributed by atoms with Crippen LogP contribution in [0.5, 0.6) is 0 Å². The highest BCUT2D eigenvalue weighted by Gasteiger charge is 2.00. The maximum atomic E-state index is 6.01. The molecule has 0 saturated heterocycles. The largest absolute Gasteiger partial charge is 0.380 e. The Morgan fingerprint density at radius 2 is 2.06 bits per heavy atom. The number of halogens is 3. The molecule has 0 aliphatic heterocycles. The molecule has 0 amide bonds. The summed E-state index contributed by atoms with van der Waals surface area (Å²) in [5.41, 5.74) is 1.05. The van der Waals surface area contributed by atoms with Gasteiger partial charge in [0.1, 0.15) is 0 Å². The SMILES string of the molecule is CCOCCNCc1ccc(Cl)cc1Cl.Cl. The van der Waals surface area contributed by atoms with Crippen LogP contribution in [-0.2, 0) is 11.3 Å². The molecule has 0 unspecified atom stereocenters. The Hall–Kier alpha value is 0.01000. The van der Waals surface area contributed by atoms with Gasteiger partial charge in [-0.05, 0) is 24.6 Å². The molecule has 0 fully saturated rings. The predicted molar refractivity (Wildman–Crippen MR) is 71.9 cm³/mol. The number of rotatable bonds is 6. The first kappa shape index (κ1) is 16.0. The fraction of sp³-hybridized carbons (Fsp3) is 0.455. The minimum atomic E-state index is 0. The minimum absolute atomic E-state index is 0. The average Bonchev–Trinajstić information content (AvgIpc) is 2.20. The molecule has 0 aliphatic carbocycles. The van der Waals surface area contributed by atoms with Crippen LogP contribution < -0.4 is 5.32 Å². The van der Waals surface area contributed by atoms with Crippen molar-refractivity contribution in [2.24, 2.45) is 0 Å². The Morgan fingerprint density at radius 3 is 2.69 bits per heavy atom. The van der Waals surface area contributed by atoms with E-state index in [-0.39, 0.29) is 12.4 Å². The van der Waals surface area contributed by atoms with Crippen LogP contribution in [-0.4, -0.2) is 19.8 Å². The number of hydrogen-bond donors (Lipinski definition) is 1. The second-order valence-corrected chi connectivity index (χ2v) is 3.95. The summed E-state index contributed by atoms with van der Waals surface area (Å²) in [7, 11) is 0. The van der Waals surface area contributed by atoms with Crippen molar-refractivity contribution in [1.82, 2.24) is 5.32 Å². The number of hydrogen-bond acceptors (Lipinski definition) is 2. The summed E-state index contributed by atoms with van der Waals surface area (Å²) < 4.78 is 5.20. The third kappa shape index (κ3) is 5.92. The van der Waals surface area contributed by atoms with Crippen LogP contribution in [0.25, 0.3) is 0 Å². The fourth-order valence-corrected chi connectivity index (χ4v) is 1.65. The predicted octanol–water partition coefficient (Wildman–Crippen LogP) is 3.54. The molecule has 0 aliphatic rings. The van der Waals surface area contributed by atoms with Crippen LogP contribution in [0, 0.1) is 0 Å². The van der Waals surface area contributed by atoms with Gasteiger partial charge in [0, 0.05) is 29.7 Å². The molecule has 0 aromatic heterocycles. The molecule has 0 bridgehead atoms. The van der Waals surface area contributed by atoms with Gasteiger partial charge in [-0.1, -0.05) is 29.3 Å². The molecule has 1 aromatic rings. The van der Waals surface area contributed by atoms with Gasteiger partial charge in [-0.15, -0.1) is 12.4 Å². The molecule has 1 N–H and O–H groups in total. The second-order valence-electron chi connectivity index (χ2n) is 3.11. The zero-order chi connectivity index (χ0) is 11.1. The molecule has 0 saturated carbocycles. The van der Waals surface area contributed by atoms with Crippen LogP contribution in [0.3, 0.4) is 0 Å². The Balaban J connectivity index is 0.00000225. The molecular weight excluding hydrogens is 268 g/mol. The molecule has 2 nitrogen and oxygen atoms in total. The van der Waals surface area contributed by atoms with Crippen molar-refractivity contribution in [2.45, 2.75) is 13.5 Å². The number of ether oxygens (including phenoxy) is 1. The smallest absolute Gasteiger partial charge is 0.0590 e. The Kier molecular flexibility index (Phi) is 9.09. The third-order valence-corrected chi connectivity index (χ3v) is 2.54. The highest BCUT2D eigenvalue weighted by Crippen LogP contribution is 2.20. The lowest BCUT2D eigenvalue weighted by Crippen LogP contribution is -2.19. The molecule has 16 heavy (non-hydrogen) atoms. The molecule has 0 spiro atoms. The lowest BCUT2D eigenvalue weighted by atomic mass is 10.2. The van der Waals surface area contributed by atoms with E-state index in [0.717, 1.165) is 31.9 Å². The van der Waals surface area contributed by atoms with Crippen molar-refractivity contribution >= 4 is 35.6 Å². The molecule has 0 radical (unpaired) electrons. The highest BCUT2D eigenvalue weighted by molar-refractivity contribution is 6.35. The number of benzene rings is 1. The van der Waals surface area contributed by atoms with Crippen LogP contribution in [0.15, 0.2) is 18.2 Å². The zero-order valence-electron chi connectivity index (χ0n) is 9.13. The van der Waals surface area contributed by atoms with E-state index in [4.69, 9.17) is 27.9 Å². The zero-order valence-corrected chi connectivity index (χ0v) is 11.5. The Bertz CT molecular complexity index is 307. The van der Waals surface area contributed by atoms with Gasteiger partial charge < -0.3 is 10.1 Å². The molecular formula is C11H16Cl3NO. The highest BCUT2D eigenvalue weighted by atomic mass is 35.5. The van der Waals surface area contributed by atoms with E-state index >= 15 is 0 Å². The van der Waals surface area contributed by atoms with E-state index < -0.39 is 0 Å². The summed E-state index contributed by atoms with van der Waals surface area (Å²) >= 11 is 11.8. The fourth-order valence-electron chi connectivity index (χ4n) is 1.18. The summed E-state index contributed by atoms with van der Waals surface area (Å²) in [5, 5.41) is 4.61. The molecule has 1 aromatic carbocycles. The van der Waals surface area contributed by atoms with Gasteiger partial charge in [0.15, 0.2) is 0 Å². The van der Waals surface area contributed by atoms with E-state index in [1.54, 1.807) is 6.07 Å². The van der Waals surface area contributed by atoms with Gasteiger partial charge in [-0.3, -0.25) is 0 Å². The summed E-state index contributed by atoms with van der Waals surface area (Å²) in [6, 6.07) is 5.52. The van der Waals surface area contributed by atoms with Crippen molar-refractivity contribution in [2.75, 3.05) is 19.8 Å². The average molecular weight is 285 g/mol. The molecule has 0 atom stereocenters. The van der Waals surface area contributed by atoms with Crippen molar-refractivity contribution in [3.05, 3.63) is 33.8 Å². The van der Waals surface area contributed by atoms with E-state index in [0.29, 0.717) is 10.0 Å². The monoisotopic (exact) mass is 283 g/mol. The Morgan fingerprint density at radius 1 is 1.31 bits per heavy atom. The van der Waals surface area contributed by atoms with E-state index in [1.165, 1.54) is 0 Å². The van der Waals surface area contributed by atoms with Crippen LogP contribution in [0.4, 0.5) is 0 Å². The first-order valence-corrected chi connectivity index (χ1v) is 5.72. The standard InChI is InChI=1S/C11H15Cl2NO.ClH/c1-2-15-6-5-14-8-9-3-4-10(12)7-11(9)13;/h3-4,7,14H,2,5-6,8H2,1H3;1H. The van der Waals surface area contributed by atoms with Gasteiger partial charge in [0.25, 0.3) is 0 Å². The first-order valence-electron chi connectivity index (χ1n) is 4.96. The van der Waals surface area contributed by atoms with Crippen molar-refractivity contribution < 1.29 is 4.74 Å². The summed E-state index contributed by atoms with van der Waals surface area (Å²) in [6.45, 7) is 5.02. The molecule has 1 rings (SSSR count). The lowest BCUT2D eigenvalue weighted by molar-refractivity contribution is 0.149. The van der Waals surface area contributed by atoms with Crippen molar-refractivity contribution in [3.8, 4) is 0 Å². The van der Waals surface area contributed by atoms with Crippen LogP contribution in [0.1, 0.15) is 12.5 Å².